The summed E-state index contributed by atoms with van der Waals surface area (Å²) in [5.41, 5.74) is 0. The van der Waals surface area contributed by atoms with Crippen LogP contribution < -0.4 is 5.32 Å². The van der Waals surface area contributed by atoms with Gasteiger partial charge in [0.05, 0.1) is 6.54 Å². The zero-order valence-electron chi connectivity index (χ0n) is 9.74. The van der Waals surface area contributed by atoms with Gasteiger partial charge in [0.1, 0.15) is 0 Å². The standard InChI is InChI=1S/C11H19N3O2/c1-2-12-7-11(16)13-5-6-14-9(8-13)3-4-10(14)15/h9,12H,2-8H2,1H3. The molecule has 2 aliphatic heterocycles. The monoisotopic (exact) mass is 225 g/mol. The average molecular weight is 225 g/mol. The van der Waals surface area contributed by atoms with Gasteiger partial charge in [-0.1, -0.05) is 6.92 Å². The molecule has 0 radical (unpaired) electrons. The second-order valence-electron chi connectivity index (χ2n) is 4.40. The van der Waals surface area contributed by atoms with Crippen LogP contribution in [0.5, 0.6) is 0 Å². The predicted octanol–water partition coefficient (Wildman–Crippen LogP) is -0.571. The molecule has 90 valence electrons. The number of fused-ring (bicyclic) bond motifs is 1. The van der Waals surface area contributed by atoms with Crippen LogP contribution in [0.3, 0.4) is 0 Å². The molecule has 2 aliphatic rings. The maximum absolute atomic E-state index is 11.8. The van der Waals surface area contributed by atoms with Gasteiger partial charge >= 0.3 is 0 Å². The highest BCUT2D eigenvalue weighted by Gasteiger charge is 2.36. The summed E-state index contributed by atoms with van der Waals surface area (Å²) in [5.74, 6) is 0.407. The lowest BCUT2D eigenvalue weighted by Crippen LogP contribution is -2.54. The minimum atomic E-state index is 0.154. The lowest BCUT2D eigenvalue weighted by molar-refractivity contribution is -0.138. The van der Waals surface area contributed by atoms with Crippen LogP contribution in [0.15, 0.2) is 0 Å². The van der Waals surface area contributed by atoms with Crippen LogP contribution in [-0.2, 0) is 9.59 Å². The first-order chi connectivity index (χ1) is 7.72. The fraction of sp³-hybridized carbons (Fsp3) is 0.818. The van der Waals surface area contributed by atoms with Crippen LogP contribution in [0, 0.1) is 0 Å². The Labute approximate surface area is 95.8 Å². The molecule has 0 bridgehead atoms. The fourth-order valence-electron chi connectivity index (χ4n) is 2.43. The van der Waals surface area contributed by atoms with Gasteiger partial charge in [-0.15, -0.1) is 0 Å². The van der Waals surface area contributed by atoms with Gasteiger partial charge in [-0.05, 0) is 13.0 Å². The summed E-state index contributed by atoms with van der Waals surface area (Å²) < 4.78 is 0. The molecule has 5 heteroatoms. The van der Waals surface area contributed by atoms with Crippen LogP contribution in [0.2, 0.25) is 0 Å². The minimum Gasteiger partial charge on any atom is -0.338 e. The zero-order chi connectivity index (χ0) is 11.5. The van der Waals surface area contributed by atoms with Gasteiger partial charge in [0, 0.05) is 32.1 Å². The van der Waals surface area contributed by atoms with Crippen molar-refractivity contribution in [3.63, 3.8) is 0 Å². The molecule has 1 N–H and O–H groups in total. The van der Waals surface area contributed by atoms with Crippen LogP contribution in [0.4, 0.5) is 0 Å². The average Bonchev–Trinajstić information content (AvgIpc) is 2.67. The number of likely N-dealkylation sites (N-methyl/N-ethyl adjacent to an activating group) is 1. The first kappa shape index (κ1) is 11.4. The maximum Gasteiger partial charge on any atom is 0.236 e. The van der Waals surface area contributed by atoms with E-state index in [1.807, 2.05) is 16.7 Å². The van der Waals surface area contributed by atoms with E-state index in [0.717, 1.165) is 19.5 Å². The minimum absolute atomic E-state index is 0.154. The number of carbonyl (C=O) groups is 2. The molecule has 5 nitrogen and oxygen atoms in total. The van der Waals surface area contributed by atoms with Crippen molar-refractivity contribution in [2.45, 2.75) is 25.8 Å². The molecule has 2 amide bonds. The van der Waals surface area contributed by atoms with Crippen LogP contribution in [-0.4, -0.2) is 60.4 Å². The number of nitrogens with one attached hydrogen (secondary N) is 1. The summed E-state index contributed by atoms with van der Waals surface area (Å²) in [6, 6.07) is 0.270. The van der Waals surface area contributed by atoms with E-state index < -0.39 is 0 Å². The van der Waals surface area contributed by atoms with E-state index in [0.29, 0.717) is 26.1 Å². The molecule has 0 aliphatic carbocycles. The molecule has 1 unspecified atom stereocenters. The Morgan fingerprint density at radius 3 is 3.06 bits per heavy atom. The Kier molecular flexibility index (Phi) is 3.43. The topological polar surface area (TPSA) is 52.7 Å². The third-order valence-electron chi connectivity index (χ3n) is 3.37. The highest BCUT2D eigenvalue weighted by Crippen LogP contribution is 2.22. The number of carbonyl (C=O) groups excluding carboxylic acids is 2. The molecule has 2 rings (SSSR count). The number of amides is 2. The largest absolute Gasteiger partial charge is 0.338 e. The Morgan fingerprint density at radius 2 is 2.31 bits per heavy atom. The SMILES string of the molecule is CCNCC(=O)N1CCN2C(=O)CCC2C1. The van der Waals surface area contributed by atoms with Crippen LogP contribution in [0.25, 0.3) is 0 Å². The summed E-state index contributed by atoms with van der Waals surface area (Å²) >= 11 is 0. The smallest absolute Gasteiger partial charge is 0.236 e. The molecule has 16 heavy (non-hydrogen) atoms. The second kappa shape index (κ2) is 4.82. The van der Waals surface area contributed by atoms with E-state index in [-0.39, 0.29) is 17.9 Å². The first-order valence-corrected chi connectivity index (χ1v) is 6.00. The van der Waals surface area contributed by atoms with Crippen LogP contribution >= 0.6 is 0 Å². The number of hydrogen-bond acceptors (Lipinski definition) is 3. The van der Waals surface area contributed by atoms with E-state index in [1.165, 1.54) is 0 Å². The lowest BCUT2D eigenvalue weighted by Gasteiger charge is -2.37. The zero-order valence-corrected chi connectivity index (χ0v) is 9.74. The van der Waals surface area contributed by atoms with E-state index in [2.05, 4.69) is 5.32 Å². The molecule has 2 fully saturated rings. The fourth-order valence-corrected chi connectivity index (χ4v) is 2.43. The summed E-state index contributed by atoms with van der Waals surface area (Å²) in [7, 11) is 0. The van der Waals surface area contributed by atoms with Crippen molar-refractivity contribution in [2.75, 3.05) is 32.7 Å². The maximum atomic E-state index is 11.8. The second-order valence-corrected chi connectivity index (χ2v) is 4.40. The van der Waals surface area contributed by atoms with Crippen molar-refractivity contribution in [2.24, 2.45) is 0 Å². The summed E-state index contributed by atoms with van der Waals surface area (Å²) in [5, 5.41) is 3.04. The van der Waals surface area contributed by atoms with Gasteiger partial charge in [0.2, 0.25) is 11.8 Å². The van der Waals surface area contributed by atoms with Crippen molar-refractivity contribution in [1.82, 2.24) is 15.1 Å². The Morgan fingerprint density at radius 1 is 1.50 bits per heavy atom. The Bertz CT molecular complexity index is 293. The Hall–Kier alpha value is -1.10. The predicted molar refractivity (Wildman–Crippen MR) is 59.9 cm³/mol. The summed E-state index contributed by atoms with van der Waals surface area (Å²) in [4.78, 5) is 27.1. The van der Waals surface area contributed by atoms with Gasteiger partial charge in [-0.3, -0.25) is 9.59 Å². The number of rotatable bonds is 3. The van der Waals surface area contributed by atoms with Crippen molar-refractivity contribution in [3.05, 3.63) is 0 Å². The van der Waals surface area contributed by atoms with Crippen molar-refractivity contribution in [3.8, 4) is 0 Å². The molecule has 0 spiro atoms. The quantitative estimate of drug-likeness (QED) is 0.700. The molecule has 2 saturated heterocycles. The molecule has 0 saturated carbocycles. The van der Waals surface area contributed by atoms with Crippen molar-refractivity contribution >= 4 is 11.8 Å². The summed E-state index contributed by atoms with van der Waals surface area (Å²) in [6.07, 6.45) is 1.56. The van der Waals surface area contributed by atoms with Crippen molar-refractivity contribution < 1.29 is 9.59 Å². The van der Waals surface area contributed by atoms with Gasteiger partial charge < -0.3 is 15.1 Å². The van der Waals surface area contributed by atoms with Crippen molar-refractivity contribution in [1.29, 1.82) is 0 Å². The van der Waals surface area contributed by atoms with Gasteiger partial charge in [-0.25, -0.2) is 0 Å². The van der Waals surface area contributed by atoms with E-state index in [4.69, 9.17) is 0 Å². The first-order valence-electron chi connectivity index (χ1n) is 6.00. The third-order valence-corrected chi connectivity index (χ3v) is 3.37. The molecule has 0 aromatic heterocycles. The van der Waals surface area contributed by atoms with E-state index in [1.54, 1.807) is 0 Å². The van der Waals surface area contributed by atoms with Gasteiger partial charge in [0.15, 0.2) is 0 Å². The van der Waals surface area contributed by atoms with Gasteiger partial charge in [-0.2, -0.15) is 0 Å². The van der Waals surface area contributed by atoms with Crippen LogP contribution in [0.1, 0.15) is 19.8 Å². The van der Waals surface area contributed by atoms with E-state index in [9.17, 15) is 9.59 Å². The number of piperazine rings is 1. The Balaban J connectivity index is 1.86. The summed E-state index contributed by atoms with van der Waals surface area (Å²) in [6.45, 7) is 5.33. The highest BCUT2D eigenvalue weighted by molar-refractivity contribution is 5.81. The molecule has 1 atom stereocenters. The molecule has 2 heterocycles. The molecule has 0 aromatic carbocycles. The molecular weight excluding hydrogens is 206 g/mol. The van der Waals surface area contributed by atoms with E-state index >= 15 is 0 Å². The number of nitrogens with zero attached hydrogens (tertiary/aromatic N) is 2. The normalized spacial score (nSPS) is 24.8. The lowest BCUT2D eigenvalue weighted by atomic mass is 10.1. The third kappa shape index (κ3) is 2.19. The molecule has 0 aromatic rings. The highest BCUT2D eigenvalue weighted by atomic mass is 16.2. The molecular formula is C11H19N3O2. The number of hydrogen-bond donors (Lipinski definition) is 1. The van der Waals surface area contributed by atoms with Gasteiger partial charge in [0.25, 0.3) is 0 Å².